The van der Waals surface area contributed by atoms with Crippen LogP contribution in [0.3, 0.4) is 0 Å². The number of H-pyrrole nitrogens is 1. The van der Waals surface area contributed by atoms with Crippen molar-refractivity contribution in [3.63, 3.8) is 0 Å². The maximum Gasteiger partial charge on any atom is 0.193 e. The fourth-order valence-corrected chi connectivity index (χ4v) is 4.14. The van der Waals surface area contributed by atoms with Gasteiger partial charge in [-0.25, -0.2) is 0 Å². The zero-order chi connectivity index (χ0) is 18.5. The molecule has 142 valence electrons. The third-order valence-corrected chi connectivity index (χ3v) is 5.65. The molecule has 3 rings (SSSR count). The molecule has 26 heavy (non-hydrogen) atoms. The molecule has 2 heterocycles. The topological polar surface area (TPSA) is 46.7 Å². The highest BCUT2D eigenvalue weighted by Crippen LogP contribution is 2.22. The summed E-state index contributed by atoms with van der Waals surface area (Å²) in [6, 6.07) is 6.63. The molecule has 0 spiro atoms. The second-order valence-electron chi connectivity index (χ2n) is 6.84. The van der Waals surface area contributed by atoms with E-state index in [9.17, 15) is 0 Å². The largest absolute Gasteiger partial charge is 0.361 e. The van der Waals surface area contributed by atoms with E-state index in [4.69, 9.17) is 11.6 Å². The number of nitrogens with one attached hydrogen (secondary N) is 2. The van der Waals surface area contributed by atoms with Gasteiger partial charge >= 0.3 is 0 Å². The molecule has 6 heteroatoms. The van der Waals surface area contributed by atoms with Crippen LogP contribution < -0.4 is 5.32 Å². The predicted molar refractivity (Wildman–Crippen MR) is 111 cm³/mol. The van der Waals surface area contributed by atoms with Gasteiger partial charge in [0, 0.05) is 54.8 Å². The van der Waals surface area contributed by atoms with Crippen molar-refractivity contribution >= 4 is 28.5 Å². The van der Waals surface area contributed by atoms with E-state index in [1.807, 2.05) is 25.2 Å². The Bertz CT molecular complexity index is 750. The normalized spacial score (nSPS) is 18.3. The summed E-state index contributed by atoms with van der Waals surface area (Å²) < 4.78 is 0. The molecule has 0 radical (unpaired) electrons. The van der Waals surface area contributed by atoms with Crippen LogP contribution in [0.2, 0.25) is 5.02 Å². The van der Waals surface area contributed by atoms with Crippen molar-refractivity contribution in [2.24, 2.45) is 4.99 Å². The van der Waals surface area contributed by atoms with E-state index in [-0.39, 0.29) is 0 Å². The zero-order valence-electron chi connectivity index (χ0n) is 16.1. The second-order valence-corrected chi connectivity index (χ2v) is 7.27. The number of aliphatic imine (C=N–C) groups is 1. The zero-order valence-corrected chi connectivity index (χ0v) is 16.8. The standard InChI is InChI=1S/C20H30ClN5/c1-4-25(5-2)17-9-11-26(14-17)20(22-3)23-10-8-15-13-24-19-7-6-16(21)12-18(15)19/h6-7,12-13,17,24H,4-5,8-11,14H2,1-3H3,(H,22,23). The van der Waals surface area contributed by atoms with E-state index in [1.165, 1.54) is 17.4 Å². The number of halogens is 1. The molecule has 0 aliphatic carbocycles. The molecule has 1 aliphatic heterocycles. The van der Waals surface area contributed by atoms with Gasteiger partial charge in [0.25, 0.3) is 0 Å². The minimum absolute atomic E-state index is 0.638. The molecule has 1 aromatic carbocycles. The quantitative estimate of drug-likeness (QED) is 0.601. The highest BCUT2D eigenvalue weighted by atomic mass is 35.5. The Labute approximate surface area is 161 Å². The van der Waals surface area contributed by atoms with Crippen LogP contribution in [0.1, 0.15) is 25.8 Å². The molecule has 1 aliphatic rings. The number of aromatic amines is 1. The number of hydrogen-bond acceptors (Lipinski definition) is 2. The Kier molecular flexibility index (Phi) is 6.43. The van der Waals surface area contributed by atoms with Crippen molar-refractivity contribution in [3.05, 3.63) is 35.0 Å². The van der Waals surface area contributed by atoms with Gasteiger partial charge in [-0.05, 0) is 49.7 Å². The van der Waals surface area contributed by atoms with E-state index in [0.29, 0.717) is 6.04 Å². The number of nitrogens with zero attached hydrogens (tertiary/aromatic N) is 3. The number of likely N-dealkylation sites (tertiary alicyclic amines) is 1. The third-order valence-electron chi connectivity index (χ3n) is 5.41. The average Bonchev–Trinajstić information content (AvgIpc) is 3.27. The molecule has 1 aromatic heterocycles. The molecule has 2 aromatic rings. The van der Waals surface area contributed by atoms with Gasteiger partial charge in [-0.2, -0.15) is 0 Å². The van der Waals surface area contributed by atoms with Gasteiger partial charge in [-0.15, -0.1) is 0 Å². The Morgan fingerprint density at radius 2 is 2.19 bits per heavy atom. The van der Waals surface area contributed by atoms with Crippen molar-refractivity contribution in [3.8, 4) is 0 Å². The smallest absolute Gasteiger partial charge is 0.193 e. The Morgan fingerprint density at radius 1 is 1.38 bits per heavy atom. The molecular weight excluding hydrogens is 346 g/mol. The van der Waals surface area contributed by atoms with Crippen LogP contribution >= 0.6 is 11.6 Å². The summed E-state index contributed by atoms with van der Waals surface area (Å²) in [4.78, 5) is 12.7. The van der Waals surface area contributed by atoms with Crippen LogP contribution in [0.4, 0.5) is 0 Å². The van der Waals surface area contributed by atoms with Gasteiger partial charge < -0.3 is 15.2 Å². The SMILES string of the molecule is CCN(CC)C1CCN(C(=NC)NCCc2c[nH]c3ccc(Cl)cc23)C1. The van der Waals surface area contributed by atoms with E-state index in [1.54, 1.807) is 0 Å². The molecule has 5 nitrogen and oxygen atoms in total. The average molecular weight is 376 g/mol. The van der Waals surface area contributed by atoms with Gasteiger partial charge in [-0.3, -0.25) is 9.89 Å². The molecule has 2 N–H and O–H groups in total. The van der Waals surface area contributed by atoms with Crippen LogP contribution in [-0.4, -0.2) is 66.6 Å². The lowest BCUT2D eigenvalue weighted by molar-refractivity contribution is 0.223. The van der Waals surface area contributed by atoms with Crippen molar-refractivity contribution in [2.75, 3.05) is 39.8 Å². The Balaban J connectivity index is 1.55. The van der Waals surface area contributed by atoms with Crippen LogP contribution in [0, 0.1) is 0 Å². The lowest BCUT2D eigenvalue weighted by atomic mass is 10.1. The summed E-state index contributed by atoms with van der Waals surface area (Å²) in [5.74, 6) is 1.01. The number of fused-ring (bicyclic) bond motifs is 1. The molecule has 1 fully saturated rings. The van der Waals surface area contributed by atoms with Crippen molar-refractivity contribution in [1.29, 1.82) is 0 Å². The van der Waals surface area contributed by atoms with Gasteiger partial charge in [0.05, 0.1) is 0 Å². The molecule has 0 saturated carbocycles. The maximum absolute atomic E-state index is 6.14. The number of benzene rings is 1. The summed E-state index contributed by atoms with van der Waals surface area (Å²) in [6.07, 6.45) is 4.23. The predicted octanol–water partition coefficient (Wildman–Crippen LogP) is 3.36. The van der Waals surface area contributed by atoms with E-state index in [0.717, 1.165) is 55.6 Å². The van der Waals surface area contributed by atoms with E-state index < -0.39 is 0 Å². The molecule has 1 atom stereocenters. The number of guanidine groups is 1. The number of hydrogen-bond donors (Lipinski definition) is 2. The first-order valence-electron chi connectivity index (χ1n) is 9.61. The molecule has 1 saturated heterocycles. The highest BCUT2D eigenvalue weighted by molar-refractivity contribution is 6.31. The summed E-state index contributed by atoms with van der Waals surface area (Å²) in [7, 11) is 1.87. The lowest BCUT2D eigenvalue weighted by Gasteiger charge is -2.27. The third kappa shape index (κ3) is 4.15. The van der Waals surface area contributed by atoms with Crippen LogP contribution in [0.5, 0.6) is 0 Å². The number of likely N-dealkylation sites (N-methyl/N-ethyl adjacent to an activating group) is 1. The Morgan fingerprint density at radius 3 is 2.92 bits per heavy atom. The molecule has 1 unspecified atom stereocenters. The number of rotatable bonds is 6. The second kappa shape index (κ2) is 8.78. The Hall–Kier alpha value is -1.72. The summed E-state index contributed by atoms with van der Waals surface area (Å²) in [6.45, 7) is 9.71. The van der Waals surface area contributed by atoms with Crippen molar-refractivity contribution in [2.45, 2.75) is 32.7 Å². The van der Waals surface area contributed by atoms with Crippen LogP contribution in [-0.2, 0) is 6.42 Å². The molecule has 0 amide bonds. The summed E-state index contributed by atoms with van der Waals surface area (Å²) in [5, 5.41) is 5.52. The maximum atomic E-state index is 6.14. The van der Waals surface area contributed by atoms with Crippen molar-refractivity contribution in [1.82, 2.24) is 20.1 Å². The van der Waals surface area contributed by atoms with E-state index in [2.05, 4.69) is 45.1 Å². The van der Waals surface area contributed by atoms with Crippen molar-refractivity contribution < 1.29 is 0 Å². The summed E-state index contributed by atoms with van der Waals surface area (Å²) in [5.41, 5.74) is 2.42. The first-order valence-corrected chi connectivity index (χ1v) is 9.99. The minimum Gasteiger partial charge on any atom is -0.361 e. The van der Waals surface area contributed by atoms with E-state index >= 15 is 0 Å². The monoisotopic (exact) mass is 375 g/mol. The lowest BCUT2D eigenvalue weighted by Crippen LogP contribution is -2.43. The fourth-order valence-electron chi connectivity index (χ4n) is 3.97. The first kappa shape index (κ1) is 19.1. The summed E-state index contributed by atoms with van der Waals surface area (Å²) >= 11 is 6.14. The first-order chi connectivity index (χ1) is 12.7. The highest BCUT2D eigenvalue weighted by Gasteiger charge is 2.27. The van der Waals surface area contributed by atoms with Gasteiger partial charge in [0.2, 0.25) is 0 Å². The number of aromatic nitrogens is 1. The van der Waals surface area contributed by atoms with Crippen LogP contribution in [0.15, 0.2) is 29.4 Å². The van der Waals surface area contributed by atoms with Crippen LogP contribution in [0.25, 0.3) is 10.9 Å². The molecule has 0 bridgehead atoms. The van der Waals surface area contributed by atoms with Gasteiger partial charge in [0.15, 0.2) is 5.96 Å². The van der Waals surface area contributed by atoms with Gasteiger partial charge in [-0.1, -0.05) is 25.4 Å². The fraction of sp³-hybridized carbons (Fsp3) is 0.550. The van der Waals surface area contributed by atoms with Gasteiger partial charge in [0.1, 0.15) is 0 Å². The molecular formula is C20H30ClN5. The minimum atomic E-state index is 0.638.